The van der Waals surface area contributed by atoms with Crippen LogP contribution in [0, 0.1) is 20.8 Å². The molecule has 1 fully saturated rings. The first-order valence-electron chi connectivity index (χ1n) is 9.67. The number of fused-ring (bicyclic) bond motifs is 2. The molecule has 0 aromatic heterocycles. The van der Waals surface area contributed by atoms with E-state index in [2.05, 4.69) is 5.32 Å². The zero-order chi connectivity index (χ0) is 20.1. The van der Waals surface area contributed by atoms with Crippen molar-refractivity contribution in [2.75, 3.05) is 6.54 Å². The molecule has 1 saturated heterocycles. The fraction of sp³-hybridized carbons (Fsp3) is 0.348. The molecule has 1 N–H and O–H groups in total. The van der Waals surface area contributed by atoms with Crippen LogP contribution in [0.15, 0.2) is 36.4 Å². The topological polar surface area (TPSA) is 66.5 Å². The number of amides is 3. The Labute approximate surface area is 164 Å². The molecule has 0 bridgehead atoms. The van der Waals surface area contributed by atoms with Gasteiger partial charge in [0.15, 0.2) is 5.78 Å². The highest BCUT2D eigenvalue weighted by molar-refractivity contribution is 6.12. The van der Waals surface area contributed by atoms with E-state index in [9.17, 15) is 14.4 Å². The second kappa shape index (κ2) is 6.59. The lowest BCUT2D eigenvalue weighted by Crippen LogP contribution is -2.46. The van der Waals surface area contributed by atoms with Crippen molar-refractivity contribution in [1.82, 2.24) is 10.2 Å². The summed E-state index contributed by atoms with van der Waals surface area (Å²) in [7, 11) is 0. The smallest absolute Gasteiger partial charge is 0.319 e. The van der Waals surface area contributed by atoms with Gasteiger partial charge in [-0.3, -0.25) is 14.5 Å². The van der Waals surface area contributed by atoms with Gasteiger partial charge in [0.25, 0.3) is 5.91 Å². The zero-order valence-corrected chi connectivity index (χ0v) is 16.5. The van der Waals surface area contributed by atoms with E-state index in [1.54, 1.807) is 0 Å². The average Bonchev–Trinajstić information content (AvgIpc) is 2.90. The van der Waals surface area contributed by atoms with Crippen LogP contribution in [-0.2, 0) is 16.8 Å². The maximum atomic E-state index is 13.3. The number of aryl methyl sites for hydroxylation is 4. The van der Waals surface area contributed by atoms with Crippen LogP contribution in [0.3, 0.4) is 0 Å². The number of imide groups is 1. The van der Waals surface area contributed by atoms with Crippen LogP contribution in [0.4, 0.5) is 4.79 Å². The maximum Gasteiger partial charge on any atom is 0.325 e. The first kappa shape index (κ1) is 18.4. The third-order valence-electron chi connectivity index (χ3n) is 6.09. The van der Waals surface area contributed by atoms with Crippen LogP contribution < -0.4 is 5.32 Å². The Morgan fingerprint density at radius 2 is 1.79 bits per heavy atom. The molecule has 1 aliphatic carbocycles. The third kappa shape index (κ3) is 2.73. The van der Waals surface area contributed by atoms with Crippen molar-refractivity contribution in [3.05, 3.63) is 69.8 Å². The van der Waals surface area contributed by atoms with E-state index in [1.165, 1.54) is 0 Å². The van der Waals surface area contributed by atoms with Crippen LogP contribution in [0.1, 0.15) is 51.0 Å². The number of nitrogens with one attached hydrogen (secondary N) is 1. The lowest BCUT2D eigenvalue weighted by molar-refractivity contribution is -0.131. The highest BCUT2D eigenvalue weighted by atomic mass is 16.2. The Balaban J connectivity index is 1.65. The van der Waals surface area contributed by atoms with Crippen LogP contribution in [0.2, 0.25) is 0 Å². The molecule has 0 saturated carbocycles. The van der Waals surface area contributed by atoms with Crippen molar-refractivity contribution in [1.29, 1.82) is 0 Å². The summed E-state index contributed by atoms with van der Waals surface area (Å²) in [5.74, 6) is -0.537. The summed E-state index contributed by atoms with van der Waals surface area (Å²) >= 11 is 0. The van der Waals surface area contributed by atoms with E-state index in [0.717, 1.165) is 45.6 Å². The van der Waals surface area contributed by atoms with Gasteiger partial charge >= 0.3 is 6.03 Å². The van der Waals surface area contributed by atoms with Gasteiger partial charge in [-0.2, -0.15) is 0 Å². The van der Waals surface area contributed by atoms with Crippen LogP contribution in [-0.4, -0.2) is 29.2 Å². The molecule has 5 nitrogen and oxygen atoms in total. The lowest BCUT2D eigenvalue weighted by atomic mass is 9.76. The van der Waals surface area contributed by atoms with Gasteiger partial charge in [-0.15, -0.1) is 0 Å². The Hall–Kier alpha value is -2.95. The second-order valence-corrected chi connectivity index (χ2v) is 7.91. The predicted octanol–water partition coefficient (Wildman–Crippen LogP) is 3.58. The zero-order valence-electron chi connectivity index (χ0n) is 16.5. The molecule has 1 atom stereocenters. The third-order valence-corrected chi connectivity index (χ3v) is 6.09. The Morgan fingerprint density at radius 1 is 1.07 bits per heavy atom. The predicted molar refractivity (Wildman–Crippen MR) is 106 cm³/mol. The number of hydrogen-bond donors (Lipinski definition) is 1. The number of carbonyl (C=O) groups is 3. The molecule has 0 unspecified atom stereocenters. The Bertz CT molecular complexity index is 1010. The summed E-state index contributed by atoms with van der Waals surface area (Å²) in [6, 6.07) is 11.1. The Kier molecular flexibility index (Phi) is 4.33. The first-order valence-corrected chi connectivity index (χ1v) is 9.67. The second-order valence-electron chi connectivity index (χ2n) is 7.91. The molecule has 0 radical (unpaired) electrons. The summed E-state index contributed by atoms with van der Waals surface area (Å²) in [5, 5.41) is 2.90. The number of Topliss-reactive ketones (excluding diaryl/α,β-unsaturated/α-hetero) is 1. The number of urea groups is 1. The van der Waals surface area contributed by atoms with Crippen molar-refractivity contribution in [3.63, 3.8) is 0 Å². The summed E-state index contributed by atoms with van der Waals surface area (Å²) in [4.78, 5) is 40.0. The monoisotopic (exact) mass is 376 g/mol. The van der Waals surface area contributed by atoms with Gasteiger partial charge in [-0.25, -0.2) is 4.79 Å². The number of rotatable bonds is 3. The number of hydrogen-bond acceptors (Lipinski definition) is 3. The minimum absolute atomic E-state index is 0.217. The van der Waals surface area contributed by atoms with Gasteiger partial charge in [0.05, 0.1) is 6.54 Å². The standard InChI is InChI=1S/C23H24N2O3/c1-14-11-16(3)18(12-15(14)2)20(26)13-25-21(27)23(24-22(25)28)10-6-8-17-7-4-5-9-19(17)23/h4-5,7,9,11-12H,6,8,10,13H2,1-3H3,(H,24,28)/t23-/m1/s1. The number of ketones is 1. The van der Waals surface area contributed by atoms with E-state index < -0.39 is 11.6 Å². The molecular formula is C23H24N2O3. The summed E-state index contributed by atoms with van der Waals surface area (Å²) in [6.07, 6.45) is 2.27. The summed E-state index contributed by atoms with van der Waals surface area (Å²) in [6.45, 7) is 5.59. The van der Waals surface area contributed by atoms with Gasteiger partial charge in [-0.1, -0.05) is 30.3 Å². The fourth-order valence-corrected chi connectivity index (χ4v) is 4.44. The molecular weight excluding hydrogens is 352 g/mol. The van der Waals surface area contributed by atoms with Gasteiger partial charge in [0.1, 0.15) is 5.54 Å². The SMILES string of the molecule is Cc1cc(C)c(C(=O)CN2C(=O)N[C@@]3(CCCc4ccccc43)C2=O)cc1C. The first-order chi connectivity index (χ1) is 13.3. The van der Waals surface area contributed by atoms with E-state index in [0.29, 0.717) is 12.0 Å². The minimum atomic E-state index is -1.04. The molecule has 1 heterocycles. The molecule has 2 aromatic rings. The average molecular weight is 376 g/mol. The number of nitrogens with zero attached hydrogens (tertiary/aromatic N) is 1. The highest BCUT2D eigenvalue weighted by Crippen LogP contribution is 2.39. The van der Waals surface area contributed by atoms with Crippen molar-refractivity contribution in [2.24, 2.45) is 0 Å². The lowest BCUT2D eigenvalue weighted by Gasteiger charge is -2.33. The molecule has 1 spiro atoms. The largest absolute Gasteiger partial charge is 0.325 e. The van der Waals surface area contributed by atoms with Gasteiger partial charge in [0, 0.05) is 5.56 Å². The summed E-state index contributed by atoms with van der Waals surface area (Å²) in [5.41, 5.74) is 4.46. The van der Waals surface area contributed by atoms with Crippen molar-refractivity contribution in [2.45, 2.75) is 45.6 Å². The molecule has 4 rings (SSSR count). The van der Waals surface area contributed by atoms with Crippen LogP contribution in [0.25, 0.3) is 0 Å². The molecule has 2 aliphatic rings. The molecule has 5 heteroatoms. The normalized spacial score (nSPS) is 21.0. The maximum absolute atomic E-state index is 13.3. The van der Waals surface area contributed by atoms with Gasteiger partial charge in [-0.05, 0) is 73.9 Å². The highest BCUT2D eigenvalue weighted by Gasteiger charge is 2.54. The van der Waals surface area contributed by atoms with E-state index in [4.69, 9.17) is 0 Å². The Morgan fingerprint density at radius 3 is 2.57 bits per heavy atom. The van der Waals surface area contributed by atoms with Gasteiger partial charge < -0.3 is 5.32 Å². The van der Waals surface area contributed by atoms with E-state index in [1.807, 2.05) is 57.2 Å². The van der Waals surface area contributed by atoms with Crippen molar-refractivity contribution < 1.29 is 14.4 Å². The van der Waals surface area contributed by atoms with Crippen molar-refractivity contribution >= 4 is 17.7 Å². The molecule has 144 valence electrons. The molecule has 28 heavy (non-hydrogen) atoms. The number of benzene rings is 2. The molecule has 2 aromatic carbocycles. The quantitative estimate of drug-likeness (QED) is 0.658. The molecule has 1 aliphatic heterocycles. The minimum Gasteiger partial charge on any atom is -0.319 e. The van der Waals surface area contributed by atoms with E-state index in [-0.39, 0.29) is 18.2 Å². The number of carbonyl (C=O) groups excluding carboxylic acids is 3. The van der Waals surface area contributed by atoms with E-state index >= 15 is 0 Å². The van der Waals surface area contributed by atoms with Crippen LogP contribution >= 0.6 is 0 Å². The summed E-state index contributed by atoms with van der Waals surface area (Å²) < 4.78 is 0. The van der Waals surface area contributed by atoms with Crippen molar-refractivity contribution in [3.8, 4) is 0 Å². The van der Waals surface area contributed by atoms with Gasteiger partial charge in [0.2, 0.25) is 0 Å². The fourth-order valence-electron chi connectivity index (χ4n) is 4.44. The molecule has 3 amide bonds. The van der Waals surface area contributed by atoms with Crippen LogP contribution in [0.5, 0.6) is 0 Å².